The molecular formula is C16H25N5O3. The molecule has 1 amide bonds. The summed E-state index contributed by atoms with van der Waals surface area (Å²) in [7, 11) is 1.60. The highest BCUT2D eigenvalue weighted by Crippen LogP contribution is 2.16. The summed E-state index contributed by atoms with van der Waals surface area (Å²) in [6.07, 6.45) is 1.71. The molecule has 0 saturated carbocycles. The third-order valence-electron chi connectivity index (χ3n) is 4.65. The van der Waals surface area contributed by atoms with Gasteiger partial charge in [-0.2, -0.15) is 4.98 Å². The van der Waals surface area contributed by atoms with E-state index < -0.39 is 0 Å². The molecule has 1 atom stereocenters. The summed E-state index contributed by atoms with van der Waals surface area (Å²) in [5.41, 5.74) is 0. The third-order valence-corrected chi connectivity index (χ3v) is 4.65. The summed E-state index contributed by atoms with van der Waals surface area (Å²) < 4.78 is 10.5. The van der Waals surface area contributed by atoms with Gasteiger partial charge in [-0.3, -0.25) is 9.69 Å². The highest BCUT2D eigenvalue weighted by Gasteiger charge is 2.30. The van der Waals surface area contributed by atoms with Crippen LogP contribution in [0, 0.1) is 0 Å². The molecule has 2 aliphatic rings. The highest BCUT2D eigenvalue weighted by molar-refractivity contribution is 5.81. The lowest BCUT2D eigenvalue weighted by Gasteiger charge is -2.39. The van der Waals surface area contributed by atoms with Crippen LogP contribution in [0.25, 0.3) is 0 Å². The van der Waals surface area contributed by atoms with Crippen LogP contribution in [0.5, 0.6) is 5.88 Å². The maximum atomic E-state index is 12.6. The molecule has 1 aromatic rings. The molecule has 8 nitrogen and oxygen atoms in total. The van der Waals surface area contributed by atoms with Gasteiger partial charge in [-0.05, 0) is 6.92 Å². The van der Waals surface area contributed by atoms with Gasteiger partial charge in [0.15, 0.2) is 0 Å². The zero-order chi connectivity index (χ0) is 16.9. The minimum absolute atomic E-state index is 0.100. The van der Waals surface area contributed by atoms with Crippen molar-refractivity contribution in [2.75, 3.05) is 64.5 Å². The summed E-state index contributed by atoms with van der Waals surface area (Å²) >= 11 is 0. The Kier molecular flexibility index (Phi) is 5.47. The van der Waals surface area contributed by atoms with Gasteiger partial charge in [0.25, 0.3) is 0 Å². The maximum absolute atomic E-state index is 12.6. The Hall–Kier alpha value is -1.93. The van der Waals surface area contributed by atoms with Crippen molar-refractivity contribution in [1.82, 2.24) is 19.8 Å². The number of amides is 1. The minimum atomic E-state index is -0.100. The molecule has 2 aliphatic heterocycles. The van der Waals surface area contributed by atoms with E-state index in [0.717, 1.165) is 26.2 Å². The molecule has 0 radical (unpaired) electrons. The zero-order valence-electron chi connectivity index (χ0n) is 14.3. The summed E-state index contributed by atoms with van der Waals surface area (Å²) in [4.78, 5) is 27.6. The number of methoxy groups -OCH3 is 1. The van der Waals surface area contributed by atoms with E-state index in [1.165, 1.54) is 0 Å². The standard InChI is InChI=1S/C16H25N5O3/c1-13(15(22)20-9-11-24-12-10-20)19-5-7-21(8-6-19)16-17-4-3-14(18-16)23-2/h3-4,13H,5-12H2,1-2H3/t13-/m0/s1. The van der Waals surface area contributed by atoms with E-state index in [0.29, 0.717) is 38.1 Å². The fourth-order valence-electron chi connectivity index (χ4n) is 3.11. The summed E-state index contributed by atoms with van der Waals surface area (Å²) in [6, 6.07) is 1.64. The largest absolute Gasteiger partial charge is 0.481 e. The first kappa shape index (κ1) is 16.9. The lowest BCUT2D eigenvalue weighted by atomic mass is 10.2. The van der Waals surface area contributed by atoms with Crippen LogP contribution in [0.15, 0.2) is 12.3 Å². The first-order valence-electron chi connectivity index (χ1n) is 8.41. The number of anilines is 1. The fourth-order valence-corrected chi connectivity index (χ4v) is 3.11. The first-order valence-corrected chi connectivity index (χ1v) is 8.41. The van der Waals surface area contributed by atoms with Crippen LogP contribution in [0.3, 0.4) is 0 Å². The van der Waals surface area contributed by atoms with Gasteiger partial charge in [0.1, 0.15) is 0 Å². The number of rotatable bonds is 4. The molecular weight excluding hydrogens is 310 g/mol. The highest BCUT2D eigenvalue weighted by atomic mass is 16.5. The molecule has 0 N–H and O–H groups in total. The van der Waals surface area contributed by atoms with Crippen LogP contribution in [-0.2, 0) is 9.53 Å². The number of nitrogens with zero attached hydrogens (tertiary/aromatic N) is 5. The van der Waals surface area contributed by atoms with E-state index in [1.54, 1.807) is 19.4 Å². The molecule has 0 aromatic carbocycles. The van der Waals surface area contributed by atoms with Crippen molar-refractivity contribution in [2.45, 2.75) is 13.0 Å². The van der Waals surface area contributed by atoms with Gasteiger partial charge in [0, 0.05) is 51.5 Å². The Bertz CT molecular complexity index is 556. The van der Waals surface area contributed by atoms with Gasteiger partial charge in [-0.1, -0.05) is 0 Å². The number of piperazine rings is 1. The third kappa shape index (κ3) is 3.76. The van der Waals surface area contributed by atoms with Crippen LogP contribution in [0.1, 0.15) is 6.92 Å². The number of carbonyl (C=O) groups excluding carboxylic acids is 1. The van der Waals surface area contributed by atoms with E-state index in [9.17, 15) is 4.79 Å². The maximum Gasteiger partial charge on any atom is 0.239 e. The van der Waals surface area contributed by atoms with Crippen LogP contribution in [0.2, 0.25) is 0 Å². The molecule has 0 aliphatic carbocycles. The molecule has 3 heterocycles. The summed E-state index contributed by atoms with van der Waals surface area (Å²) in [5, 5.41) is 0. The smallest absolute Gasteiger partial charge is 0.239 e. The predicted molar refractivity (Wildman–Crippen MR) is 89.2 cm³/mol. The van der Waals surface area contributed by atoms with Crippen molar-refractivity contribution in [3.8, 4) is 5.88 Å². The molecule has 0 unspecified atom stereocenters. The quantitative estimate of drug-likeness (QED) is 0.758. The minimum Gasteiger partial charge on any atom is -0.481 e. The van der Waals surface area contributed by atoms with Gasteiger partial charge in [0.2, 0.25) is 17.7 Å². The van der Waals surface area contributed by atoms with Gasteiger partial charge in [-0.15, -0.1) is 0 Å². The molecule has 2 fully saturated rings. The molecule has 8 heteroatoms. The fraction of sp³-hybridized carbons (Fsp3) is 0.688. The number of morpholine rings is 1. The van der Waals surface area contributed by atoms with Gasteiger partial charge < -0.3 is 19.3 Å². The average Bonchev–Trinajstić information content (AvgIpc) is 2.67. The Labute approximate surface area is 142 Å². The van der Waals surface area contributed by atoms with Gasteiger partial charge in [-0.25, -0.2) is 4.98 Å². The van der Waals surface area contributed by atoms with Crippen molar-refractivity contribution >= 4 is 11.9 Å². The van der Waals surface area contributed by atoms with Crippen LogP contribution >= 0.6 is 0 Å². The van der Waals surface area contributed by atoms with Crippen molar-refractivity contribution in [1.29, 1.82) is 0 Å². The van der Waals surface area contributed by atoms with Crippen molar-refractivity contribution in [3.05, 3.63) is 12.3 Å². The number of hydrogen-bond acceptors (Lipinski definition) is 7. The zero-order valence-corrected chi connectivity index (χ0v) is 14.3. The van der Waals surface area contributed by atoms with Gasteiger partial charge >= 0.3 is 0 Å². The number of ether oxygens (including phenoxy) is 2. The van der Waals surface area contributed by atoms with Crippen LogP contribution < -0.4 is 9.64 Å². The second kappa shape index (κ2) is 7.76. The summed E-state index contributed by atoms with van der Waals surface area (Å²) in [6.45, 7) is 7.90. The monoisotopic (exact) mass is 335 g/mol. The van der Waals surface area contributed by atoms with Crippen molar-refractivity contribution in [2.24, 2.45) is 0 Å². The number of carbonyl (C=O) groups is 1. The van der Waals surface area contributed by atoms with Crippen LogP contribution in [0.4, 0.5) is 5.95 Å². The second-order valence-corrected chi connectivity index (χ2v) is 6.04. The molecule has 2 saturated heterocycles. The first-order chi connectivity index (χ1) is 11.7. The Morgan fingerprint density at radius 3 is 2.58 bits per heavy atom. The molecule has 132 valence electrons. The van der Waals surface area contributed by atoms with Crippen molar-refractivity contribution in [3.63, 3.8) is 0 Å². The van der Waals surface area contributed by atoms with E-state index in [1.807, 2.05) is 11.8 Å². The SMILES string of the molecule is COc1ccnc(N2CCN([C@@H](C)C(=O)N3CCOCC3)CC2)n1. The number of aromatic nitrogens is 2. The Morgan fingerprint density at radius 2 is 1.92 bits per heavy atom. The predicted octanol–water partition coefficient (Wildman–Crippen LogP) is -0.145. The molecule has 0 spiro atoms. The molecule has 3 rings (SSSR count). The van der Waals surface area contributed by atoms with E-state index in [-0.39, 0.29) is 11.9 Å². The molecule has 24 heavy (non-hydrogen) atoms. The van der Waals surface area contributed by atoms with E-state index in [4.69, 9.17) is 9.47 Å². The van der Waals surface area contributed by atoms with E-state index in [2.05, 4.69) is 19.8 Å². The van der Waals surface area contributed by atoms with Crippen molar-refractivity contribution < 1.29 is 14.3 Å². The lowest BCUT2D eigenvalue weighted by molar-refractivity contribution is -0.140. The normalized spacial score (nSPS) is 20.8. The second-order valence-electron chi connectivity index (χ2n) is 6.04. The molecule has 0 bridgehead atoms. The topological polar surface area (TPSA) is 71.0 Å². The molecule has 1 aromatic heterocycles. The average molecular weight is 335 g/mol. The van der Waals surface area contributed by atoms with Gasteiger partial charge in [0.05, 0.1) is 26.4 Å². The Balaban J connectivity index is 1.55. The summed E-state index contributed by atoms with van der Waals surface area (Å²) in [5.74, 6) is 1.45. The van der Waals surface area contributed by atoms with E-state index >= 15 is 0 Å². The van der Waals surface area contributed by atoms with Crippen LogP contribution in [-0.4, -0.2) is 91.3 Å². The lowest BCUT2D eigenvalue weighted by Crippen LogP contribution is -2.56. The Morgan fingerprint density at radius 1 is 1.21 bits per heavy atom. The number of hydrogen-bond donors (Lipinski definition) is 0.